The summed E-state index contributed by atoms with van der Waals surface area (Å²) < 4.78 is 42.9. The molecule has 0 atom stereocenters. The van der Waals surface area contributed by atoms with Crippen molar-refractivity contribution in [2.45, 2.75) is 39.4 Å². The van der Waals surface area contributed by atoms with E-state index in [4.69, 9.17) is 11.6 Å². The van der Waals surface area contributed by atoms with E-state index in [1.165, 1.54) is 16.8 Å². The highest BCUT2D eigenvalue weighted by molar-refractivity contribution is 9.10. The Labute approximate surface area is 191 Å². The summed E-state index contributed by atoms with van der Waals surface area (Å²) in [6.45, 7) is 7.10. The van der Waals surface area contributed by atoms with Gasteiger partial charge in [-0.3, -0.25) is 4.79 Å². The molecular formula is C22H20BrClF3N3O. The van der Waals surface area contributed by atoms with E-state index in [0.717, 1.165) is 6.07 Å². The summed E-state index contributed by atoms with van der Waals surface area (Å²) in [5.74, 6) is -0.468. The van der Waals surface area contributed by atoms with Crippen LogP contribution in [0.5, 0.6) is 0 Å². The number of carbonyl (C=O) groups excluding carboxylic acids is 1. The van der Waals surface area contributed by atoms with Crippen LogP contribution in [0, 0.1) is 6.92 Å². The molecule has 1 heterocycles. The second kappa shape index (κ2) is 8.31. The minimum Gasteiger partial charge on any atom is -0.346 e. The maximum Gasteiger partial charge on any atom is 0.418 e. The molecule has 2 aromatic carbocycles. The number of hydrogen-bond donors (Lipinski definition) is 1. The molecule has 1 amide bonds. The van der Waals surface area contributed by atoms with Crippen molar-refractivity contribution in [3.8, 4) is 16.9 Å². The molecule has 0 aliphatic rings. The molecule has 0 aliphatic heterocycles. The Morgan fingerprint density at radius 3 is 2.26 bits per heavy atom. The first-order chi connectivity index (χ1) is 14.3. The number of hydrogen-bond acceptors (Lipinski definition) is 2. The topological polar surface area (TPSA) is 46.9 Å². The van der Waals surface area contributed by atoms with Gasteiger partial charge in [-0.15, -0.1) is 0 Å². The fourth-order valence-corrected chi connectivity index (χ4v) is 3.64. The van der Waals surface area contributed by atoms with Crippen LogP contribution >= 0.6 is 27.5 Å². The predicted molar refractivity (Wildman–Crippen MR) is 119 cm³/mol. The molecule has 0 unspecified atom stereocenters. The van der Waals surface area contributed by atoms with Crippen molar-refractivity contribution < 1.29 is 18.0 Å². The van der Waals surface area contributed by atoms with Gasteiger partial charge < -0.3 is 5.32 Å². The lowest BCUT2D eigenvalue weighted by Crippen LogP contribution is -2.41. The lowest BCUT2D eigenvalue weighted by molar-refractivity contribution is -0.137. The summed E-state index contributed by atoms with van der Waals surface area (Å²) in [5.41, 5.74) is -0.122. The first-order valence-electron chi connectivity index (χ1n) is 9.33. The third kappa shape index (κ3) is 5.13. The third-order valence-electron chi connectivity index (χ3n) is 4.44. The van der Waals surface area contributed by atoms with Crippen LogP contribution in [0.15, 0.2) is 46.9 Å². The van der Waals surface area contributed by atoms with Gasteiger partial charge in [-0.1, -0.05) is 39.7 Å². The summed E-state index contributed by atoms with van der Waals surface area (Å²) in [6.07, 6.45) is -4.62. The lowest BCUT2D eigenvalue weighted by Gasteiger charge is -2.19. The first kappa shape index (κ1) is 23.3. The predicted octanol–water partition coefficient (Wildman–Crippen LogP) is 6.81. The summed E-state index contributed by atoms with van der Waals surface area (Å²) >= 11 is 9.09. The zero-order valence-electron chi connectivity index (χ0n) is 17.2. The van der Waals surface area contributed by atoms with Crippen molar-refractivity contribution in [3.05, 3.63) is 68.8 Å². The zero-order valence-corrected chi connectivity index (χ0v) is 19.6. The van der Waals surface area contributed by atoms with Gasteiger partial charge in [0, 0.05) is 26.2 Å². The Kier molecular flexibility index (Phi) is 6.26. The van der Waals surface area contributed by atoms with E-state index in [1.807, 2.05) is 20.8 Å². The van der Waals surface area contributed by atoms with Crippen molar-refractivity contribution in [2.75, 3.05) is 0 Å². The molecule has 3 rings (SSSR count). The van der Waals surface area contributed by atoms with Gasteiger partial charge >= 0.3 is 6.18 Å². The average molecular weight is 515 g/mol. The number of rotatable bonds is 3. The van der Waals surface area contributed by atoms with Crippen LogP contribution in [0.3, 0.4) is 0 Å². The molecule has 1 N–H and O–H groups in total. The lowest BCUT2D eigenvalue weighted by atomic mass is 10.0. The van der Waals surface area contributed by atoms with Crippen LogP contribution in [0.25, 0.3) is 16.9 Å². The van der Waals surface area contributed by atoms with Gasteiger partial charge in [0.15, 0.2) is 5.69 Å². The molecule has 0 spiro atoms. The second-order valence-electron chi connectivity index (χ2n) is 8.10. The van der Waals surface area contributed by atoms with Gasteiger partial charge in [0.1, 0.15) is 0 Å². The highest BCUT2D eigenvalue weighted by Crippen LogP contribution is 2.38. The van der Waals surface area contributed by atoms with E-state index in [9.17, 15) is 18.0 Å². The smallest absolute Gasteiger partial charge is 0.346 e. The largest absolute Gasteiger partial charge is 0.418 e. The monoisotopic (exact) mass is 513 g/mol. The standard InChI is InChI=1S/C22H20BrClF3N3O/c1-12-18(20(31)28-21(2,3)4)29-30(19(12)13-5-8-15(24)9-6-13)17-10-7-14(23)11-16(17)22(25,26)27/h5-11H,1-4H3,(H,28,31). The molecular weight excluding hydrogens is 495 g/mol. The molecule has 0 saturated carbocycles. The van der Waals surface area contributed by atoms with E-state index in [-0.39, 0.29) is 15.9 Å². The van der Waals surface area contributed by atoms with Crippen LogP contribution in [0.2, 0.25) is 5.02 Å². The Hall–Kier alpha value is -2.32. The van der Waals surface area contributed by atoms with Gasteiger partial charge in [-0.05, 0) is 58.0 Å². The van der Waals surface area contributed by atoms with Gasteiger partial charge in [0.05, 0.1) is 16.9 Å². The molecule has 0 fully saturated rings. The average Bonchev–Trinajstić information content (AvgIpc) is 2.97. The van der Waals surface area contributed by atoms with Crippen molar-refractivity contribution in [3.63, 3.8) is 0 Å². The van der Waals surface area contributed by atoms with E-state index in [1.54, 1.807) is 31.2 Å². The van der Waals surface area contributed by atoms with Crippen LogP contribution < -0.4 is 5.32 Å². The normalized spacial score (nSPS) is 12.2. The molecule has 0 saturated heterocycles. The Bertz CT molecular complexity index is 1130. The van der Waals surface area contributed by atoms with Gasteiger partial charge in [0.2, 0.25) is 0 Å². The van der Waals surface area contributed by atoms with Gasteiger partial charge in [-0.25, -0.2) is 4.68 Å². The summed E-state index contributed by atoms with van der Waals surface area (Å²) in [4.78, 5) is 12.9. The number of benzene rings is 2. The molecule has 164 valence electrons. The molecule has 9 heteroatoms. The molecule has 1 aromatic heterocycles. The zero-order chi connectivity index (χ0) is 23.1. The second-order valence-corrected chi connectivity index (χ2v) is 9.46. The fraction of sp³-hybridized carbons (Fsp3) is 0.273. The number of nitrogens with one attached hydrogen (secondary N) is 1. The Morgan fingerprint density at radius 2 is 1.71 bits per heavy atom. The van der Waals surface area contributed by atoms with Crippen LogP contribution in [0.1, 0.15) is 42.4 Å². The van der Waals surface area contributed by atoms with E-state index in [2.05, 4.69) is 26.3 Å². The molecule has 0 bridgehead atoms. The van der Waals surface area contributed by atoms with Gasteiger partial charge in [-0.2, -0.15) is 18.3 Å². The van der Waals surface area contributed by atoms with Crippen molar-refractivity contribution in [1.82, 2.24) is 15.1 Å². The van der Waals surface area contributed by atoms with Crippen LogP contribution in [-0.4, -0.2) is 21.2 Å². The highest BCUT2D eigenvalue weighted by atomic mass is 79.9. The van der Waals surface area contributed by atoms with Crippen molar-refractivity contribution in [1.29, 1.82) is 0 Å². The van der Waals surface area contributed by atoms with Crippen molar-refractivity contribution in [2.24, 2.45) is 0 Å². The number of amides is 1. The van der Waals surface area contributed by atoms with Gasteiger partial charge in [0.25, 0.3) is 5.91 Å². The highest BCUT2D eigenvalue weighted by Gasteiger charge is 2.36. The number of halogens is 5. The third-order valence-corrected chi connectivity index (χ3v) is 5.18. The molecule has 0 radical (unpaired) electrons. The maximum absolute atomic E-state index is 13.8. The van der Waals surface area contributed by atoms with E-state index >= 15 is 0 Å². The summed E-state index contributed by atoms with van der Waals surface area (Å²) in [5, 5.41) is 7.62. The van der Waals surface area contributed by atoms with Crippen LogP contribution in [0.4, 0.5) is 13.2 Å². The summed E-state index contributed by atoms with van der Waals surface area (Å²) in [7, 11) is 0. The maximum atomic E-state index is 13.8. The minimum absolute atomic E-state index is 0.0518. The van der Waals surface area contributed by atoms with Crippen molar-refractivity contribution >= 4 is 33.4 Å². The van der Waals surface area contributed by atoms with E-state index < -0.39 is 23.2 Å². The Morgan fingerprint density at radius 1 is 1.10 bits per heavy atom. The Balaban J connectivity index is 2.31. The quantitative estimate of drug-likeness (QED) is 0.417. The number of nitrogens with zero attached hydrogens (tertiary/aromatic N) is 2. The number of aromatic nitrogens is 2. The number of carbonyl (C=O) groups is 1. The number of alkyl halides is 3. The molecule has 0 aliphatic carbocycles. The minimum atomic E-state index is -4.62. The molecule has 31 heavy (non-hydrogen) atoms. The molecule has 3 aromatic rings. The fourth-order valence-electron chi connectivity index (χ4n) is 3.15. The first-order valence-corrected chi connectivity index (χ1v) is 10.5. The van der Waals surface area contributed by atoms with Crippen LogP contribution in [-0.2, 0) is 6.18 Å². The molecule has 4 nitrogen and oxygen atoms in total. The summed E-state index contributed by atoms with van der Waals surface area (Å²) in [6, 6.07) is 10.4. The van der Waals surface area contributed by atoms with E-state index in [0.29, 0.717) is 21.8 Å². The SMILES string of the molecule is Cc1c(C(=O)NC(C)(C)C)nn(-c2ccc(Br)cc2C(F)(F)F)c1-c1ccc(Cl)cc1.